The number of aryl methyl sites for hydroxylation is 2. The first kappa shape index (κ1) is 15.6. The Morgan fingerprint density at radius 1 is 1.29 bits per heavy atom. The van der Waals surface area contributed by atoms with Crippen LogP contribution in [0.5, 0.6) is 5.75 Å². The molecule has 1 amide bonds. The van der Waals surface area contributed by atoms with Crippen LogP contribution >= 0.6 is 11.3 Å². The second-order valence-corrected chi connectivity index (χ2v) is 7.69. The number of thiazole rings is 1. The minimum atomic E-state index is -0.387. The number of amides is 1. The van der Waals surface area contributed by atoms with E-state index in [2.05, 4.69) is 31.0 Å². The summed E-state index contributed by atoms with van der Waals surface area (Å²) < 4.78 is 6.02. The average molecular weight is 342 g/mol. The van der Waals surface area contributed by atoms with Gasteiger partial charge in [0.15, 0.2) is 6.10 Å². The molecule has 2 aliphatic rings. The van der Waals surface area contributed by atoms with E-state index in [1.165, 1.54) is 11.1 Å². The van der Waals surface area contributed by atoms with Crippen molar-refractivity contribution in [2.24, 2.45) is 0 Å². The second kappa shape index (κ2) is 6.20. The topological polar surface area (TPSA) is 42.4 Å². The molecule has 0 saturated carbocycles. The molecule has 1 aromatic heterocycles. The Morgan fingerprint density at radius 2 is 2.12 bits per heavy atom. The molecule has 126 valence electrons. The van der Waals surface area contributed by atoms with Crippen LogP contribution in [0.4, 0.5) is 0 Å². The molecule has 0 radical (unpaired) electrons. The number of nitrogens with zero attached hydrogens (tertiary/aromatic N) is 2. The molecule has 2 unspecified atom stereocenters. The van der Waals surface area contributed by atoms with Crippen molar-refractivity contribution in [3.8, 4) is 5.75 Å². The molecular weight excluding hydrogens is 320 g/mol. The van der Waals surface area contributed by atoms with E-state index in [-0.39, 0.29) is 18.1 Å². The van der Waals surface area contributed by atoms with Crippen molar-refractivity contribution >= 4 is 17.2 Å². The number of benzene rings is 1. The Kier molecular flexibility index (Phi) is 4.04. The Bertz CT molecular complexity index is 726. The van der Waals surface area contributed by atoms with E-state index >= 15 is 0 Å². The van der Waals surface area contributed by atoms with Gasteiger partial charge in [-0.05, 0) is 55.9 Å². The smallest absolute Gasteiger partial charge is 0.264 e. The summed E-state index contributed by atoms with van der Waals surface area (Å²) in [5.74, 6) is 0.987. The third-order valence-corrected chi connectivity index (χ3v) is 6.03. The lowest BCUT2D eigenvalue weighted by molar-refractivity contribution is -0.142. The highest BCUT2D eigenvalue weighted by atomic mass is 32.1. The zero-order valence-electron chi connectivity index (χ0n) is 14.1. The molecular formula is C19H22N2O2S. The first-order chi connectivity index (χ1) is 11.6. The molecule has 2 aliphatic heterocycles. The third kappa shape index (κ3) is 2.71. The van der Waals surface area contributed by atoms with Crippen LogP contribution in [-0.4, -0.2) is 28.4 Å². The number of likely N-dealkylation sites (tertiary alicyclic amines) is 1. The Balaban J connectivity index is 1.55. The van der Waals surface area contributed by atoms with Gasteiger partial charge in [-0.1, -0.05) is 6.07 Å². The molecule has 1 fully saturated rings. The van der Waals surface area contributed by atoms with Gasteiger partial charge in [0.05, 0.1) is 6.04 Å². The summed E-state index contributed by atoms with van der Waals surface area (Å²) in [5, 5.41) is 3.03. The van der Waals surface area contributed by atoms with Crippen molar-refractivity contribution in [2.45, 2.75) is 51.7 Å². The number of hydrogen-bond acceptors (Lipinski definition) is 4. The molecule has 0 N–H and O–H groups in total. The third-order valence-electron chi connectivity index (χ3n) is 5.15. The van der Waals surface area contributed by atoms with Gasteiger partial charge in [-0.3, -0.25) is 4.79 Å². The van der Waals surface area contributed by atoms with Gasteiger partial charge in [0, 0.05) is 24.5 Å². The van der Waals surface area contributed by atoms with Crippen molar-refractivity contribution < 1.29 is 9.53 Å². The first-order valence-electron chi connectivity index (χ1n) is 8.60. The summed E-state index contributed by atoms with van der Waals surface area (Å²) in [6.45, 7) is 4.99. The minimum Gasteiger partial charge on any atom is -0.480 e. The maximum atomic E-state index is 13.1. The number of hydrogen-bond donors (Lipinski definition) is 0. The molecule has 0 bridgehead atoms. The summed E-state index contributed by atoms with van der Waals surface area (Å²) in [6, 6.07) is 4.33. The van der Waals surface area contributed by atoms with E-state index in [1.807, 2.05) is 16.5 Å². The molecule has 4 nitrogen and oxygen atoms in total. The molecule has 4 rings (SSSR count). The maximum absolute atomic E-state index is 13.1. The van der Waals surface area contributed by atoms with E-state index < -0.39 is 0 Å². The van der Waals surface area contributed by atoms with E-state index in [1.54, 1.807) is 11.3 Å². The lowest BCUT2D eigenvalue weighted by atomic mass is 10.00. The highest BCUT2D eigenvalue weighted by Gasteiger charge is 2.37. The molecule has 3 heterocycles. The SMILES string of the molecule is Cc1cc2c(cc1C)OC(C(=O)N1CCCCC1c1nccs1)C2. The number of ether oxygens (including phenoxy) is 1. The van der Waals surface area contributed by atoms with Gasteiger partial charge in [0.1, 0.15) is 10.8 Å². The fourth-order valence-electron chi connectivity index (χ4n) is 3.69. The zero-order valence-corrected chi connectivity index (χ0v) is 14.9. The van der Waals surface area contributed by atoms with Crippen LogP contribution in [0.25, 0.3) is 0 Å². The van der Waals surface area contributed by atoms with Crippen molar-refractivity contribution in [3.05, 3.63) is 45.4 Å². The first-order valence-corrected chi connectivity index (χ1v) is 9.48. The van der Waals surface area contributed by atoms with E-state index in [0.29, 0.717) is 6.42 Å². The Labute approximate surface area is 146 Å². The molecule has 1 saturated heterocycles. The summed E-state index contributed by atoms with van der Waals surface area (Å²) in [7, 11) is 0. The minimum absolute atomic E-state index is 0.112. The highest BCUT2D eigenvalue weighted by Crippen LogP contribution is 2.36. The Morgan fingerprint density at radius 3 is 2.92 bits per heavy atom. The predicted octanol–water partition coefficient (Wildman–Crippen LogP) is 3.82. The van der Waals surface area contributed by atoms with Crippen LogP contribution < -0.4 is 4.74 Å². The number of piperidine rings is 1. The number of rotatable bonds is 2. The quantitative estimate of drug-likeness (QED) is 0.833. The van der Waals surface area contributed by atoms with Gasteiger partial charge < -0.3 is 9.64 Å². The van der Waals surface area contributed by atoms with Gasteiger partial charge in [-0.2, -0.15) is 0 Å². The molecule has 2 aromatic rings. The molecule has 2 atom stereocenters. The van der Waals surface area contributed by atoms with Crippen molar-refractivity contribution in [2.75, 3.05) is 6.54 Å². The zero-order chi connectivity index (χ0) is 16.7. The summed E-state index contributed by atoms with van der Waals surface area (Å²) >= 11 is 1.64. The van der Waals surface area contributed by atoms with E-state index in [4.69, 9.17) is 4.74 Å². The fourth-order valence-corrected chi connectivity index (χ4v) is 4.47. The Hall–Kier alpha value is -1.88. The number of aromatic nitrogens is 1. The van der Waals surface area contributed by atoms with Crippen molar-refractivity contribution in [1.82, 2.24) is 9.88 Å². The number of carbonyl (C=O) groups excluding carboxylic acids is 1. The van der Waals surface area contributed by atoms with Crippen molar-refractivity contribution in [3.63, 3.8) is 0 Å². The van der Waals surface area contributed by atoms with Gasteiger partial charge in [-0.15, -0.1) is 11.3 Å². The van der Waals surface area contributed by atoms with E-state index in [0.717, 1.165) is 42.1 Å². The number of carbonyl (C=O) groups is 1. The fraction of sp³-hybridized carbons (Fsp3) is 0.474. The molecule has 0 aliphatic carbocycles. The average Bonchev–Trinajstić information content (AvgIpc) is 3.24. The lowest BCUT2D eigenvalue weighted by Crippen LogP contribution is -2.45. The van der Waals surface area contributed by atoms with Crippen LogP contribution in [0.15, 0.2) is 23.7 Å². The summed E-state index contributed by atoms with van der Waals surface area (Å²) in [4.78, 5) is 19.6. The van der Waals surface area contributed by atoms with Gasteiger partial charge in [0.2, 0.25) is 0 Å². The molecule has 1 aromatic carbocycles. The van der Waals surface area contributed by atoms with Crippen LogP contribution in [0.3, 0.4) is 0 Å². The van der Waals surface area contributed by atoms with Gasteiger partial charge in [0.25, 0.3) is 5.91 Å². The van der Waals surface area contributed by atoms with Crippen LogP contribution in [0.2, 0.25) is 0 Å². The molecule has 5 heteroatoms. The van der Waals surface area contributed by atoms with Gasteiger partial charge >= 0.3 is 0 Å². The normalized spacial score (nSPS) is 23.0. The standard InChI is InChI=1S/C19H22N2O2S/c1-12-9-14-11-17(23-16(14)10-13(12)2)19(22)21-7-4-3-5-15(21)18-20-6-8-24-18/h6,8-10,15,17H,3-5,7,11H2,1-2H3. The van der Waals surface area contributed by atoms with Crippen LogP contribution in [-0.2, 0) is 11.2 Å². The molecule has 0 spiro atoms. The predicted molar refractivity (Wildman–Crippen MR) is 94.5 cm³/mol. The molecule has 24 heavy (non-hydrogen) atoms. The van der Waals surface area contributed by atoms with E-state index in [9.17, 15) is 4.79 Å². The summed E-state index contributed by atoms with van der Waals surface area (Å²) in [6.07, 6.45) is 5.32. The number of fused-ring (bicyclic) bond motifs is 1. The monoisotopic (exact) mass is 342 g/mol. The van der Waals surface area contributed by atoms with Crippen molar-refractivity contribution in [1.29, 1.82) is 0 Å². The van der Waals surface area contributed by atoms with Crippen LogP contribution in [0, 0.1) is 13.8 Å². The summed E-state index contributed by atoms with van der Waals surface area (Å²) in [5.41, 5.74) is 3.61. The maximum Gasteiger partial charge on any atom is 0.264 e. The van der Waals surface area contributed by atoms with Gasteiger partial charge in [-0.25, -0.2) is 4.98 Å². The largest absolute Gasteiger partial charge is 0.480 e. The van der Waals surface area contributed by atoms with Crippen LogP contribution in [0.1, 0.15) is 47.0 Å². The highest BCUT2D eigenvalue weighted by molar-refractivity contribution is 7.09. The lowest BCUT2D eigenvalue weighted by Gasteiger charge is -2.35. The second-order valence-electron chi connectivity index (χ2n) is 6.77.